The van der Waals surface area contributed by atoms with Crippen LogP contribution >= 0.6 is 0 Å². The van der Waals surface area contributed by atoms with E-state index in [1.807, 2.05) is 31.2 Å². The third-order valence-corrected chi connectivity index (χ3v) is 5.11. The fourth-order valence-corrected chi connectivity index (χ4v) is 3.40. The molecule has 2 atom stereocenters. The van der Waals surface area contributed by atoms with Crippen LogP contribution in [0.25, 0.3) is 5.69 Å². The minimum absolute atomic E-state index is 0.135. The Morgan fingerprint density at radius 2 is 2.07 bits per heavy atom. The summed E-state index contributed by atoms with van der Waals surface area (Å²) in [4.78, 5) is 16.9. The van der Waals surface area contributed by atoms with Gasteiger partial charge in [-0.15, -0.1) is 5.10 Å². The number of benzene rings is 1. The number of para-hydroxylation sites is 1. The Hall–Kier alpha value is -2.96. The molecule has 140 valence electrons. The molecule has 1 fully saturated rings. The topological polar surface area (TPSA) is 88.5 Å². The van der Waals surface area contributed by atoms with E-state index < -0.39 is 0 Å². The van der Waals surface area contributed by atoms with Crippen molar-refractivity contribution >= 4 is 11.7 Å². The van der Waals surface area contributed by atoms with Crippen molar-refractivity contribution in [2.75, 3.05) is 5.32 Å². The minimum Gasteiger partial charge on any atom is -0.302 e. The minimum atomic E-state index is -0.360. The summed E-state index contributed by atoms with van der Waals surface area (Å²) in [5.41, 5.74) is 3.17. The zero-order valence-electron chi connectivity index (χ0n) is 16.0. The van der Waals surface area contributed by atoms with Gasteiger partial charge >= 0.3 is 0 Å². The SMILES string of the molecule is Cc1nc(C(=O)Nc2cc(C3CC3C)[nH]n2)nn1-c1ccccc1C(C)C. The van der Waals surface area contributed by atoms with Crippen molar-refractivity contribution < 1.29 is 4.79 Å². The number of aryl methyl sites for hydroxylation is 1. The van der Waals surface area contributed by atoms with Crippen molar-refractivity contribution in [3.05, 3.63) is 53.2 Å². The molecule has 7 heteroatoms. The van der Waals surface area contributed by atoms with Crippen molar-refractivity contribution in [1.82, 2.24) is 25.0 Å². The average Bonchev–Trinajstić information content (AvgIpc) is 3.04. The van der Waals surface area contributed by atoms with Crippen LogP contribution in [-0.2, 0) is 0 Å². The predicted octanol–water partition coefficient (Wildman–Crippen LogP) is 3.80. The van der Waals surface area contributed by atoms with Crippen molar-refractivity contribution in [2.45, 2.75) is 46.0 Å². The van der Waals surface area contributed by atoms with E-state index in [-0.39, 0.29) is 11.7 Å². The number of amides is 1. The molecule has 2 heterocycles. The highest BCUT2D eigenvalue weighted by atomic mass is 16.2. The molecular formula is C20H24N6O. The standard InChI is InChI=1S/C20H24N6O/c1-11(2)14-7-5-6-8-17(14)26-13(4)21-19(25-26)20(27)22-18-10-16(23-24-18)15-9-12(15)3/h5-8,10-12,15H,9H2,1-4H3,(H2,22,23,24,27). The molecule has 0 saturated heterocycles. The van der Waals surface area contributed by atoms with Crippen LogP contribution in [0, 0.1) is 12.8 Å². The molecule has 2 aromatic heterocycles. The summed E-state index contributed by atoms with van der Waals surface area (Å²) < 4.78 is 1.73. The van der Waals surface area contributed by atoms with E-state index in [1.54, 1.807) is 4.68 Å². The zero-order chi connectivity index (χ0) is 19.1. The van der Waals surface area contributed by atoms with Crippen LogP contribution in [0.2, 0.25) is 0 Å². The maximum absolute atomic E-state index is 12.6. The first kappa shape index (κ1) is 17.5. The van der Waals surface area contributed by atoms with Crippen LogP contribution in [0.15, 0.2) is 30.3 Å². The number of hydrogen-bond acceptors (Lipinski definition) is 4. The van der Waals surface area contributed by atoms with Gasteiger partial charge in [0.15, 0.2) is 5.82 Å². The van der Waals surface area contributed by atoms with Crippen LogP contribution in [0.4, 0.5) is 5.82 Å². The molecule has 2 N–H and O–H groups in total. The van der Waals surface area contributed by atoms with E-state index in [9.17, 15) is 4.79 Å². The third kappa shape index (κ3) is 3.37. The highest BCUT2D eigenvalue weighted by Crippen LogP contribution is 2.46. The molecule has 1 amide bonds. The number of aromatic amines is 1. The average molecular weight is 364 g/mol. The van der Waals surface area contributed by atoms with Crippen LogP contribution in [-0.4, -0.2) is 30.9 Å². The smallest absolute Gasteiger partial charge is 0.296 e. The van der Waals surface area contributed by atoms with Gasteiger partial charge in [-0.1, -0.05) is 39.0 Å². The highest BCUT2D eigenvalue weighted by Gasteiger charge is 2.35. The van der Waals surface area contributed by atoms with Gasteiger partial charge in [-0.25, -0.2) is 9.67 Å². The molecule has 4 rings (SSSR count). The maximum atomic E-state index is 12.6. The maximum Gasteiger partial charge on any atom is 0.296 e. The first-order valence-electron chi connectivity index (χ1n) is 9.33. The number of nitrogens with one attached hydrogen (secondary N) is 2. The normalized spacial score (nSPS) is 18.7. The quantitative estimate of drug-likeness (QED) is 0.721. The largest absolute Gasteiger partial charge is 0.302 e. The second-order valence-electron chi connectivity index (χ2n) is 7.59. The van der Waals surface area contributed by atoms with Gasteiger partial charge in [0.25, 0.3) is 5.91 Å². The number of carbonyl (C=O) groups is 1. The number of hydrogen-bond donors (Lipinski definition) is 2. The molecule has 1 saturated carbocycles. The molecule has 0 spiro atoms. The van der Waals surface area contributed by atoms with Crippen LogP contribution in [0.5, 0.6) is 0 Å². The van der Waals surface area contributed by atoms with E-state index in [4.69, 9.17) is 0 Å². The molecule has 3 aromatic rings. The number of anilines is 1. The molecule has 1 aliphatic carbocycles. The molecular weight excluding hydrogens is 340 g/mol. The first-order valence-corrected chi connectivity index (χ1v) is 9.33. The molecule has 2 unspecified atom stereocenters. The lowest BCUT2D eigenvalue weighted by atomic mass is 10.0. The van der Waals surface area contributed by atoms with Crippen molar-refractivity contribution in [3.63, 3.8) is 0 Å². The van der Waals surface area contributed by atoms with E-state index in [0.29, 0.717) is 29.4 Å². The number of nitrogens with zero attached hydrogens (tertiary/aromatic N) is 4. The zero-order valence-corrected chi connectivity index (χ0v) is 16.0. The Morgan fingerprint density at radius 1 is 1.33 bits per heavy atom. The van der Waals surface area contributed by atoms with Crippen LogP contribution in [0.3, 0.4) is 0 Å². The second-order valence-corrected chi connectivity index (χ2v) is 7.59. The third-order valence-electron chi connectivity index (χ3n) is 5.11. The monoisotopic (exact) mass is 364 g/mol. The molecule has 27 heavy (non-hydrogen) atoms. The Kier molecular flexibility index (Phi) is 4.30. The van der Waals surface area contributed by atoms with Gasteiger partial charge in [0.2, 0.25) is 5.82 Å². The summed E-state index contributed by atoms with van der Waals surface area (Å²) in [7, 11) is 0. The molecule has 0 bridgehead atoms. The van der Waals surface area contributed by atoms with Crippen molar-refractivity contribution in [3.8, 4) is 5.69 Å². The van der Waals surface area contributed by atoms with Gasteiger partial charge < -0.3 is 5.32 Å². The lowest BCUT2D eigenvalue weighted by Crippen LogP contribution is -2.14. The van der Waals surface area contributed by atoms with Gasteiger partial charge in [-0.2, -0.15) is 5.10 Å². The summed E-state index contributed by atoms with van der Waals surface area (Å²) >= 11 is 0. The molecule has 0 radical (unpaired) electrons. The molecule has 0 aliphatic heterocycles. The molecule has 7 nitrogen and oxygen atoms in total. The van der Waals surface area contributed by atoms with E-state index in [0.717, 1.165) is 23.4 Å². The van der Waals surface area contributed by atoms with Crippen LogP contribution in [0.1, 0.15) is 66.7 Å². The van der Waals surface area contributed by atoms with Crippen LogP contribution < -0.4 is 5.32 Å². The van der Waals surface area contributed by atoms with Gasteiger partial charge in [0.05, 0.1) is 5.69 Å². The number of H-pyrrole nitrogens is 1. The highest BCUT2D eigenvalue weighted by molar-refractivity contribution is 6.00. The second kappa shape index (κ2) is 6.64. The summed E-state index contributed by atoms with van der Waals surface area (Å²) in [6.45, 7) is 8.32. The van der Waals surface area contributed by atoms with Gasteiger partial charge in [0.1, 0.15) is 5.82 Å². The van der Waals surface area contributed by atoms with Gasteiger partial charge in [-0.05, 0) is 36.8 Å². The Bertz CT molecular complexity index is 986. The number of aromatic nitrogens is 5. The fourth-order valence-electron chi connectivity index (χ4n) is 3.40. The predicted molar refractivity (Wildman–Crippen MR) is 103 cm³/mol. The Balaban J connectivity index is 1.56. The van der Waals surface area contributed by atoms with Gasteiger partial charge in [0, 0.05) is 17.7 Å². The lowest BCUT2D eigenvalue weighted by molar-refractivity contribution is 0.101. The molecule has 1 aromatic carbocycles. The number of carbonyl (C=O) groups excluding carboxylic acids is 1. The lowest BCUT2D eigenvalue weighted by Gasteiger charge is -2.12. The summed E-state index contributed by atoms with van der Waals surface area (Å²) in [5.74, 6) is 2.49. The first-order chi connectivity index (χ1) is 12.9. The fraction of sp³-hybridized carbons (Fsp3) is 0.400. The summed E-state index contributed by atoms with van der Waals surface area (Å²) in [6.07, 6.45) is 1.16. The molecule has 1 aliphatic rings. The summed E-state index contributed by atoms with van der Waals surface area (Å²) in [5, 5.41) is 14.4. The number of rotatable bonds is 5. The van der Waals surface area contributed by atoms with E-state index in [1.165, 1.54) is 0 Å². The summed E-state index contributed by atoms with van der Waals surface area (Å²) in [6, 6.07) is 9.94. The van der Waals surface area contributed by atoms with E-state index in [2.05, 4.69) is 52.4 Å². The van der Waals surface area contributed by atoms with E-state index >= 15 is 0 Å². The van der Waals surface area contributed by atoms with Crippen molar-refractivity contribution in [1.29, 1.82) is 0 Å². The Labute approximate surface area is 158 Å². The van der Waals surface area contributed by atoms with Gasteiger partial charge in [-0.3, -0.25) is 9.89 Å². The van der Waals surface area contributed by atoms with Crippen molar-refractivity contribution in [2.24, 2.45) is 5.92 Å². The Morgan fingerprint density at radius 3 is 2.78 bits per heavy atom.